The lowest BCUT2D eigenvalue weighted by Gasteiger charge is -2.33. The number of nitrogens with one attached hydrogen (secondary N) is 2. The lowest BCUT2D eigenvalue weighted by molar-refractivity contribution is 0.195. The quantitative estimate of drug-likeness (QED) is 0.414. The third-order valence-electron chi connectivity index (χ3n) is 4.18. The van der Waals surface area contributed by atoms with E-state index in [4.69, 9.17) is 4.99 Å². The highest BCUT2D eigenvalue weighted by molar-refractivity contribution is 14.0. The highest BCUT2D eigenvalue weighted by atomic mass is 127. The van der Waals surface area contributed by atoms with Crippen LogP contribution in [-0.4, -0.2) is 43.1 Å². The van der Waals surface area contributed by atoms with Gasteiger partial charge in [-0.25, -0.2) is 0 Å². The largest absolute Gasteiger partial charge is 0.357 e. The average Bonchev–Trinajstić information content (AvgIpc) is 2.56. The smallest absolute Gasteiger partial charge is 0.191 e. The number of hydrogen-bond acceptors (Lipinski definition) is 2. The first kappa shape index (κ1) is 20.2. The SMILES string of the molecule is CCCNC(=NCC(C)N1CCc2ccccc2C1)NCC.I. The van der Waals surface area contributed by atoms with Crippen LogP contribution in [0, 0.1) is 0 Å². The summed E-state index contributed by atoms with van der Waals surface area (Å²) < 4.78 is 0. The minimum absolute atomic E-state index is 0. The molecule has 0 amide bonds. The molecule has 1 aliphatic heterocycles. The van der Waals surface area contributed by atoms with Crippen LogP contribution in [0.2, 0.25) is 0 Å². The third-order valence-corrected chi connectivity index (χ3v) is 4.18. The van der Waals surface area contributed by atoms with Gasteiger partial charge in [-0.2, -0.15) is 0 Å². The van der Waals surface area contributed by atoms with Gasteiger partial charge in [-0.1, -0.05) is 31.2 Å². The van der Waals surface area contributed by atoms with Crippen molar-refractivity contribution < 1.29 is 0 Å². The molecule has 0 spiro atoms. The molecule has 0 saturated heterocycles. The maximum absolute atomic E-state index is 4.73. The highest BCUT2D eigenvalue weighted by Gasteiger charge is 2.20. The van der Waals surface area contributed by atoms with Crippen molar-refractivity contribution in [1.29, 1.82) is 0 Å². The van der Waals surface area contributed by atoms with Crippen molar-refractivity contribution in [3.63, 3.8) is 0 Å². The molecule has 0 bridgehead atoms. The van der Waals surface area contributed by atoms with Crippen molar-refractivity contribution >= 4 is 29.9 Å². The Morgan fingerprint density at radius 1 is 1.22 bits per heavy atom. The van der Waals surface area contributed by atoms with Gasteiger partial charge >= 0.3 is 0 Å². The molecule has 4 nitrogen and oxygen atoms in total. The summed E-state index contributed by atoms with van der Waals surface area (Å²) in [6, 6.07) is 9.26. The second-order valence-corrected chi connectivity index (χ2v) is 5.98. The standard InChI is InChI=1S/C18H30N4.HI/c1-4-11-20-18(19-5-2)21-13-15(3)22-12-10-16-8-6-7-9-17(16)14-22;/h6-9,15H,4-5,10-14H2,1-3H3,(H2,19,20,21);1H. The molecular weight excluding hydrogens is 399 g/mol. The molecule has 1 aromatic rings. The first-order valence-electron chi connectivity index (χ1n) is 8.57. The fraction of sp³-hybridized carbons (Fsp3) is 0.611. The molecule has 1 heterocycles. The molecule has 1 unspecified atom stereocenters. The Balaban J connectivity index is 0.00000264. The molecule has 1 aromatic carbocycles. The fourth-order valence-electron chi connectivity index (χ4n) is 2.82. The molecule has 1 atom stereocenters. The number of nitrogens with zero attached hydrogens (tertiary/aromatic N) is 2. The van der Waals surface area contributed by atoms with Crippen LogP contribution >= 0.6 is 24.0 Å². The van der Waals surface area contributed by atoms with E-state index in [1.165, 1.54) is 11.1 Å². The van der Waals surface area contributed by atoms with Crippen molar-refractivity contribution in [2.45, 2.75) is 46.2 Å². The van der Waals surface area contributed by atoms with Gasteiger partial charge in [0.05, 0.1) is 6.54 Å². The molecule has 0 saturated carbocycles. The van der Waals surface area contributed by atoms with Crippen LogP contribution < -0.4 is 10.6 Å². The molecule has 5 heteroatoms. The van der Waals surface area contributed by atoms with Crippen LogP contribution in [0.25, 0.3) is 0 Å². The molecule has 0 fully saturated rings. The summed E-state index contributed by atoms with van der Waals surface area (Å²) in [6.07, 6.45) is 2.27. The van der Waals surface area contributed by atoms with Gasteiger partial charge in [0.2, 0.25) is 0 Å². The van der Waals surface area contributed by atoms with Gasteiger partial charge in [0.1, 0.15) is 0 Å². The van der Waals surface area contributed by atoms with E-state index in [1.807, 2.05) is 0 Å². The van der Waals surface area contributed by atoms with E-state index in [0.717, 1.165) is 51.5 Å². The van der Waals surface area contributed by atoms with E-state index >= 15 is 0 Å². The number of rotatable bonds is 6. The minimum atomic E-state index is 0. The Labute approximate surface area is 158 Å². The van der Waals surface area contributed by atoms with E-state index in [1.54, 1.807) is 0 Å². The van der Waals surface area contributed by atoms with Crippen LogP contribution in [0.15, 0.2) is 29.3 Å². The summed E-state index contributed by atoms with van der Waals surface area (Å²) in [5.41, 5.74) is 2.98. The van der Waals surface area contributed by atoms with Gasteiger partial charge in [0.15, 0.2) is 5.96 Å². The molecular formula is C18H31IN4. The molecule has 0 aromatic heterocycles. The van der Waals surface area contributed by atoms with E-state index in [0.29, 0.717) is 6.04 Å². The number of guanidine groups is 1. The highest BCUT2D eigenvalue weighted by Crippen LogP contribution is 2.20. The van der Waals surface area contributed by atoms with Crippen LogP contribution in [0.1, 0.15) is 38.3 Å². The zero-order valence-electron chi connectivity index (χ0n) is 14.6. The predicted octanol–water partition coefficient (Wildman–Crippen LogP) is 3.02. The van der Waals surface area contributed by atoms with E-state index in [2.05, 4.69) is 60.6 Å². The Bertz CT molecular complexity index is 490. The van der Waals surface area contributed by atoms with Crippen molar-refractivity contribution in [3.05, 3.63) is 35.4 Å². The molecule has 2 N–H and O–H groups in total. The second kappa shape index (κ2) is 10.9. The van der Waals surface area contributed by atoms with Crippen molar-refractivity contribution in [2.24, 2.45) is 4.99 Å². The summed E-state index contributed by atoms with van der Waals surface area (Å²) in [7, 11) is 0. The first-order chi connectivity index (χ1) is 10.7. The minimum Gasteiger partial charge on any atom is -0.357 e. The van der Waals surface area contributed by atoms with Crippen molar-refractivity contribution in [1.82, 2.24) is 15.5 Å². The summed E-state index contributed by atoms with van der Waals surface area (Å²) in [6.45, 7) is 11.4. The van der Waals surface area contributed by atoms with E-state index in [-0.39, 0.29) is 24.0 Å². The normalized spacial score (nSPS) is 16.2. The van der Waals surface area contributed by atoms with Crippen molar-refractivity contribution in [3.8, 4) is 0 Å². The van der Waals surface area contributed by atoms with Gasteiger partial charge < -0.3 is 10.6 Å². The topological polar surface area (TPSA) is 39.7 Å². The summed E-state index contributed by atoms with van der Waals surface area (Å²) in [4.78, 5) is 7.27. The number of hydrogen-bond donors (Lipinski definition) is 2. The Hall–Kier alpha value is -0.820. The Morgan fingerprint density at radius 2 is 1.96 bits per heavy atom. The predicted molar refractivity (Wildman–Crippen MR) is 110 cm³/mol. The zero-order chi connectivity index (χ0) is 15.8. The van der Waals surface area contributed by atoms with Gasteiger partial charge in [0.25, 0.3) is 0 Å². The fourth-order valence-corrected chi connectivity index (χ4v) is 2.82. The van der Waals surface area contributed by atoms with E-state index < -0.39 is 0 Å². The summed E-state index contributed by atoms with van der Waals surface area (Å²) in [5, 5.41) is 6.68. The van der Waals surface area contributed by atoms with Gasteiger partial charge in [-0.05, 0) is 37.8 Å². The molecule has 1 aliphatic rings. The lowest BCUT2D eigenvalue weighted by atomic mass is 9.99. The van der Waals surface area contributed by atoms with Gasteiger partial charge in [0, 0.05) is 32.2 Å². The average molecular weight is 430 g/mol. The Morgan fingerprint density at radius 3 is 2.65 bits per heavy atom. The van der Waals surface area contributed by atoms with Gasteiger partial charge in [-0.15, -0.1) is 24.0 Å². The summed E-state index contributed by atoms with van der Waals surface area (Å²) >= 11 is 0. The molecule has 0 radical (unpaired) electrons. The summed E-state index contributed by atoms with van der Waals surface area (Å²) in [5.74, 6) is 0.939. The first-order valence-corrected chi connectivity index (χ1v) is 8.57. The van der Waals surface area contributed by atoms with Crippen LogP contribution in [0.4, 0.5) is 0 Å². The molecule has 0 aliphatic carbocycles. The molecule has 23 heavy (non-hydrogen) atoms. The molecule has 130 valence electrons. The number of fused-ring (bicyclic) bond motifs is 1. The maximum atomic E-state index is 4.73. The van der Waals surface area contributed by atoms with Crippen LogP contribution in [0.3, 0.4) is 0 Å². The van der Waals surface area contributed by atoms with Crippen molar-refractivity contribution in [2.75, 3.05) is 26.2 Å². The van der Waals surface area contributed by atoms with Gasteiger partial charge in [-0.3, -0.25) is 9.89 Å². The van der Waals surface area contributed by atoms with E-state index in [9.17, 15) is 0 Å². The molecule has 2 rings (SSSR count). The monoisotopic (exact) mass is 430 g/mol. The number of halogens is 1. The lowest BCUT2D eigenvalue weighted by Crippen LogP contribution is -2.41. The second-order valence-electron chi connectivity index (χ2n) is 5.98. The maximum Gasteiger partial charge on any atom is 0.191 e. The number of benzene rings is 1. The Kier molecular flexibility index (Phi) is 9.55. The van der Waals surface area contributed by atoms with Crippen LogP contribution in [0.5, 0.6) is 0 Å². The van der Waals surface area contributed by atoms with Crippen LogP contribution in [-0.2, 0) is 13.0 Å². The zero-order valence-corrected chi connectivity index (χ0v) is 17.0. The third kappa shape index (κ3) is 6.30. The number of aliphatic imine (C=N–C) groups is 1.